The number of carbonyl (C=O) groups excluding carboxylic acids is 2. The zero-order chi connectivity index (χ0) is 19.3. The molecule has 1 saturated heterocycles. The third-order valence-corrected chi connectivity index (χ3v) is 5.31. The Morgan fingerprint density at radius 3 is 2.68 bits per heavy atom. The third-order valence-electron chi connectivity index (χ3n) is 5.31. The fourth-order valence-corrected chi connectivity index (χ4v) is 3.73. The van der Waals surface area contributed by atoms with Crippen molar-refractivity contribution in [2.45, 2.75) is 18.9 Å². The smallest absolute Gasteiger partial charge is 0.251 e. The maximum absolute atomic E-state index is 13.0. The highest BCUT2D eigenvalue weighted by Gasteiger charge is 2.22. The van der Waals surface area contributed by atoms with E-state index >= 15 is 0 Å². The van der Waals surface area contributed by atoms with Gasteiger partial charge in [-0.15, -0.1) is 0 Å². The second-order valence-electron chi connectivity index (χ2n) is 7.27. The zero-order valence-electron chi connectivity index (χ0n) is 15.8. The minimum absolute atomic E-state index is 0.0272. The summed E-state index contributed by atoms with van der Waals surface area (Å²) in [6.45, 7) is 3.95. The lowest BCUT2D eigenvalue weighted by molar-refractivity contribution is -0.116. The molecule has 1 fully saturated rings. The van der Waals surface area contributed by atoms with E-state index < -0.39 is 0 Å². The van der Waals surface area contributed by atoms with Gasteiger partial charge in [0.1, 0.15) is 0 Å². The standard InChI is InChI=1S/C22H25N3O3/c26-21-9-7-17-14-18(6-8-19(17)23-21)22(27)24-20(16-4-2-1-3-5-16)15-25-10-12-28-13-11-25/h1-6,8,14,20H,7,9-13,15H2,(H,23,26)(H,24,27). The monoisotopic (exact) mass is 379 g/mol. The van der Waals surface area contributed by atoms with E-state index in [4.69, 9.17) is 4.74 Å². The molecule has 2 aromatic carbocycles. The molecule has 2 N–H and O–H groups in total. The highest BCUT2D eigenvalue weighted by atomic mass is 16.5. The van der Waals surface area contributed by atoms with E-state index in [0.717, 1.165) is 49.7 Å². The summed E-state index contributed by atoms with van der Waals surface area (Å²) in [5.41, 5.74) is 3.53. The zero-order valence-corrected chi connectivity index (χ0v) is 15.8. The van der Waals surface area contributed by atoms with Crippen molar-refractivity contribution in [1.82, 2.24) is 10.2 Å². The first-order valence-electron chi connectivity index (χ1n) is 9.78. The Morgan fingerprint density at radius 2 is 1.89 bits per heavy atom. The summed E-state index contributed by atoms with van der Waals surface area (Å²) in [4.78, 5) is 26.8. The molecule has 2 amide bonds. The average molecular weight is 379 g/mol. The van der Waals surface area contributed by atoms with Crippen LogP contribution in [0.1, 0.15) is 33.9 Å². The summed E-state index contributed by atoms with van der Waals surface area (Å²) >= 11 is 0. The highest BCUT2D eigenvalue weighted by Crippen LogP contribution is 2.24. The molecule has 0 aliphatic carbocycles. The van der Waals surface area contributed by atoms with Crippen molar-refractivity contribution in [3.05, 3.63) is 65.2 Å². The first kappa shape index (κ1) is 18.7. The molecule has 146 valence electrons. The summed E-state index contributed by atoms with van der Waals surface area (Å²) in [7, 11) is 0. The largest absolute Gasteiger partial charge is 0.379 e. The molecule has 1 unspecified atom stereocenters. The van der Waals surface area contributed by atoms with Gasteiger partial charge in [-0.2, -0.15) is 0 Å². The molecule has 0 bridgehead atoms. The predicted molar refractivity (Wildman–Crippen MR) is 107 cm³/mol. The van der Waals surface area contributed by atoms with E-state index in [9.17, 15) is 9.59 Å². The molecule has 2 aliphatic heterocycles. The Bertz CT molecular complexity index is 847. The molecule has 28 heavy (non-hydrogen) atoms. The van der Waals surface area contributed by atoms with Crippen molar-refractivity contribution in [2.24, 2.45) is 0 Å². The van der Waals surface area contributed by atoms with Gasteiger partial charge in [-0.3, -0.25) is 14.5 Å². The fraction of sp³-hybridized carbons (Fsp3) is 0.364. The number of nitrogens with zero attached hydrogens (tertiary/aromatic N) is 1. The number of amides is 2. The van der Waals surface area contributed by atoms with Crippen LogP contribution in [-0.4, -0.2) is 49.6 Å². The number of ether oxygens (including phenoxy) is 1. The van der Waals surface area contributed by atoms with Crippen molar-refractivity contribution in [3.63, 3.8) is 0 Å². The normalized spacial score (nSPS) is 18.1. The van der Waals surface area contributed by atoms with Crippen LogP contribution in [0.25, 0.3) is 0 Å². The van der Waals surface area contributed by atoms with Gasteiger partial charge in [0.15, 0.2) is 0 Å². The number of hydrogen-bond donors (Lipinski definition) is 2. The lowest BCUT2D eigenvalue weighted by Gasteiger charge is -2.31. The average Bonchev–Trinajstić information content (AvgIpc) is 2.74. The van der Waals surface area contributed by atoms with E-state index in [1.54, 1.807) is 6.07 Å². The Kier molecular flexibility index (Phi) is 5.69. The van der Waals surface area contributed by atoms with Crippen LogP contribution in [0.4, 0.5) is 5.69 Å². The van der Waals surface area contributed by atoms with Gasteiger partial charge in [0.25, 0.3) is 5.91 Å². The molecule has 4 rings (SSSR count). The topological polar surface area (TPSA) is 70.7 Å². The molecule has 0 radical (unpaired) electrons. The number of benzene rings is 2. The summed E-state index contributed by atoms with van der Waals surface area (Å²) in [5.74, 6) is -0.0684. The summed E-state index contributed by atoms with van der Waals surface area (Å²) in [6, 6.07) is 15.5. The van der Waals surface area contributed by atoms with E-state index in [1.807, 2.05) is 42.5 Å². The molecule has 0 saturated carbocycles. The number of fused-ring (bicyclic) bond motifs is 1. The number of rotatable bonds is 5. The van der Waals surface area contributed by atoms with Crippen LogP contribution < -0.4 is 10.6 Å². The van der Waals surface area contributed by atoms with Crippen LogP contribution in [0.5, 0.6) is 0 Å². The first-order valence-corrected chi connectivity index (χ1v) is 9.78. The van der Waals surface area contributed by atoms with Gasteiger partial charge in [0, 0.05) is 37.3 Å². The van der Waals surface area contributed by atoms with Crippen molar-refractivity contribution >= 4 is 17.5 Å². The minimum atomic E-state index is -0.0955. The molecule has 0 aromatic heterocycles. The maximum Gasteiger partial charge on any atom is 0.251 e. The van der Waals surface area contributed by atoms with E-state index in [0.29, 0.717) is 18.4 Å². The van der Waals surface area contributed by atoms with Gasteiger partial charge in [0.2, 0.25) is 5.91 Å². The Labute approximate surface area is 164 Å². The molecule has 2 aliphatic rings. The number of anilines is 1. The molecule has 1 atom stereocenters. The van der Waals surface area contributed by atoms with Gasteiger partial charge < -0.3 is 15.4 Å². The molecule has 0 spiro atoms. The molecule has 2 heterocycles. The van der Waals surface area contributed by atoms with E-state index in [2.05, 4.69) is 15.5 Å². The van der Waals surface area contributed by atoms with Gasteiger partial charge in [-0.25, -0.2) is 0 Å². The number of carbonyl (C=O) groups is 2. The van der Waals surface area contributed by atoms with Crippen LogP contribution >= 0.6 is 0 Å². The lowest BCUT2D eigenvalue weighted by atomic mass is 9.99. The van der Waals surface area contributed by atoms with E-state index in [-0.39, 0.29) is 17.9 Å². The quantitative estimate of drug-likeness (QED) is 0.837. The number of morpholine rings is 1. The van der Waals surface area contributed by atoms with Crippen molar-refractivity contribution in [2.75, 3.05) is 38.2 Å². The Morgan fingerprint density at radius 1 is 1.11 bits per heavy atom. The van der Waals surface area contributed by atoms with Crippen LogP contribution in [0.3, 0.4) is 0 Å². The minimum Gasteiger partial charge on any atom is -0.379 e. The van der Waals surface area contributed by atoms with Gasteiger partial charge in [0.05, 0.1) is 19.3 Å². The SMILES string of the molecule is O=C1CCc2cc(C(=O)NC(CN3CCOCC3)c3ccccc3)ccc2N1. The molecular formula is C22H25N3O3. The summed E-state index contributed by atoms with van der Waals surface area (Å²) in [6.07, 6.45) is 1.12. The maximum atomic E-state index is 13.0. The fourth-order valence-electron chi connectivity index (χ4n) is 3.73. The van der Waals surface area contributed by atoms with Gasteiger partial charge in [-0.05, 0) is 35.7 Å². The molecular weight excluding hydrogens is 354 g/mol. The van der Waals surface area contributed by atoms with Crippen molar-refractivity contribution < 1.29 is 14.3 Å². The molecule has 2 aromatic rings. The molecule has 6 nitrogen and oxygen atoms in total. The van der Waals surface area contributed by atoms with Crippen LogP contribution in [-0.2, 0) is 16.0 Å². The Balaban J connectivity index is 1.51. The van der Waals surface area contributed by atoms with Crippen LogP contribution in [0.2, 0.25) is 0 Å². The number of hydrogen-bond acceptors (Lipinski definition) is 4. The van der Waals surface area contributed by atoms with Gasteiger partial charge >= 0.3 is 0 Å². The van der Waals surface area contributed by atoms with Gasteiger partial charge in [-0.1, -0.05) is 30.3 Å². The molecule has 6 heteroatoms. The van der Waals surface area contributed by atoms with Crippen molar-refractivity contribution in [3.8, 4) is 0 Å². The second kappa shape index (κ2) is 8.54. The predicted octanol–water partition coefficient (Wildman–Crippen LogP) is 2.37. The highest BCUT2D eigenvalue weighted by molar-refractivity contribution is 5.98. The summed E-state index contributed by atoms with van der Waals surface area (Å²) < 4.78 is 5.44. The first-order chi connectivity index (χ1) is 13.7. The third kappa shape index (κ3) is 4.40. The number of nitrogens with one attached hydrogen (secondary N) is 2. The van der Waals surface area contributed by atoms with Crippen LogP contribution in [0, 0.1) is 0 Å². The second-order valence-corrected chi connectivity index (χ2v) is 7.27. The lowest BCUT2D eigenvalue weighted by Crippen LogP contribution is -2.43. The summed E-state index contributed by atoms with van der Waals surface area (Å²) in [5, 5.41) is 6.06. The van der Waals surface area contributed by atoms with Crippen LogP contribution in [0.15, 0.2) is 48.5 Å². The van der Waals surface area contributed by atoms with E-state index in [1.165, 1.54) is 0 Å². The Hall–Kier alpha value is -2.70. The number of aryl methyl sites for hydroxylation is 1. The van der Waals surface area contributed by atoms with Crippen molar-refractivity contribution in [1.29, 1.82) is 0 Å².